The van der Waals surface area contributed by atoms with E-state index in [1.807, 2.05) is 18.2 Å². The smallest absolute Gasteiger partial charge is 0.245 e. The van der Waals surface area contributed by atoms with Gasteiger partial charge in [-0.15, -0.1) is 0 Å². The first kappa shape index (κ1) is 31.5. The molecule has 0 unspecified atom stereocenters. The number of aromatic nitrogens is 3. The number of nitrogens with one attached hydrogen (secondary N) is 2. The van der Waals surface area contributed by atoms with Crippen LogP contribution >= 0.6 is 0 Å². The van der Waals surface area contributed by atoms with E-state index in [1.165, 1.54) is 18.5 Å². The Bertz CT molecular complexity index is 1640. The van der Waals surface area contributed by atoms with Crippen molar-refractivity contribution >= 4 is 39.8 Å². The molecule has 12 heteroatoms. The predicted molar refractivity (Wildman–Crippen MR) is 173 cm³/mol. The average Bonchev–Trinajstić information content (AvgIpc) is 3.62. The number of methoxy groups -OCH3 is 1. The maximum absolute atomic E-state index is 15.3. The lowest BCUT2D eigenvalue weighted by Gasteiger charge is -2.32. The minimum absolute atomic E-state index is 0.0505. The van der Waals surface area contributed by atoms with E-state index in [9.17, 15) is 4.79 Å². The van der Waals surface area contributed by atoms with E-state index in [0.29, 0.717) is 47.1 Å². The number of aliphatic hydroxyl groups is 1. The SMILES string of the molecule is C=CC(=O)N1CCC(Nc2cc3c(Nc4ccc(Oc5ccnc(N6CCCC6)c5)cc4F)ncnc3cc2OC)CC1.CO. The van der Waals surface area contributed by atoms with Crippen molar-refractivity contribution in [2.45, 2.75) is 31.7 Å². The number of amides is 1. The molecule has 2 aromatic heterocycles. The normalized spacial score (nSPS) is 14.8. The van der Waals surface area contributed by atoms with E-state index in [-0.39, 0.29) is 17.6 Å². The second-order valence-corrected chi connectivity index (χ2v) is 10.7. The topological polar surface area (TPSA) is 125 Å². The van der Waals surface area contributed by atoms with E-state index in [1.54, 1.807) is 36.4 Å². The minimum Gasteiger partial charge on any atom is -0.495 e. The molecule has 0 atom stereocenters. The number of fused-ring (bicyclic) bond motifs is 1. The van der Waals surface area contributed by atoms with E-state index in [4.69, 9.17) is 14.6 Å². The van der Waals surface area contributed by atoms with E-state index >= 15 is 4.39 Å². The lowest BCUT2D eigenvalue weighted by molar-refractivity contribution is -0.126. The number of aliphatic hydroxyl groups excluding tert-OH is 1. The lowest BCUT2D eigenvalue weighted by Crippen LogP contribution is -2.41. The highest BCUT2D eigenvalue weighted by Crippen LogP contribution is 2.35. The Morgan fingerprint density at radius 3 is 2.47 bits per heavy atom. The molecule has 1 amide bonds. The molecule has 2 fully saturated rings. The number of rotatable bonds is 9. The van der Waals surface area contributed by atoms with Gasteiger partial charge in [0.25, 0.3) is 0 Å². The summed E-state index contributed by atoms with van der Waals surface area (Å²) in [6.07, 6.45) is 8.37. The Morgan fingerprint density at radius 1 is 1.00 bits per heavy atom. The van der Waals surface area contributed by atoms with Gasteiger partial charge in [-0.05, 0) is 56.0 Å². The first-order valence-corrected chi connectivity index (χ1v) is 14.9. The van der Waals surface area contributed by atoms with Gasteiger partial charge in [0, 0.05) is 69.1 Å². The van der Waals surface area contributed by atoms with Crippen molar-refractivity contribution in [2.75, 3.05) is 55.9 Å². The number of pyridine rings is 1. The van der Waals surface area contributed by atoms with Crippen LogP contribution in [0.3, 0.4) is 0 Å². The fourth-order valence-corrected chi connectivity index (χ4v) is 5.57. The fraction of sp³-hybridized carbons (Fsp3) is 0.333. The van der Waals surface area contributed by atoms with Gasteiger partial charge in [0.05, 0.1) is 24.0 Å². The van der Waals surface area contributed by atoms with E-state index < -0.39 is 5.82 Å². The van der Waals surface area contributed by atoms with Crippen LogP contribution in [0.4, 0.5) is 27.4 Å². The van der Waals surface area contributed by atoms with Gasteiger partial charge in [0.2, 0.25) is 5.91 Å². The number of halogens is 1. The van der Waals surface area contributed by atoms with Crippen LogP contribution < -0.4 is 25.0 Å². The van der Waals surface area contributed by atoms with Crippen molar-refractivity contribution in [1.82, 2.24) is 19.9 Å². The standard InChI is InChI=1S/C32H34FN7O3.CH4O/c1-3-31(41)40-14-9-21(10-15-40)37-28-18-24-27(19-29(28)42-2)35-20-36-32(24)38-26-7-6-22(16-25(26)33)43-23-8-11-34-30(17-23)39-12-4-5-13-39;1-2/h3,6-8,11,16-21,37H,1,4-5,9-10,12-15H2,2H3,(H,35,36,38);2H,1H3. The molecule has 236 valence electrons. The number of piperidine rings is 1. The number of hydrogen-bond donors (Lipinski definition) is 3. The van der Waals surface area contributed by atoms with Gasteiger partial charge >= 0.3 is 0 Å². The molecule has 4 heterocycles. The molecule has 0 saturated carbocycles. The van der Waals surface area contributed by atoms with Crippen molar-refractivity contribution in [1.29, 1.82) is 0 Å². The first-order valence-electron chi connectivity index (χ1n) is 14.9. The number of likely N-dealkylation sites (tertiary alicyclic amines) is 1. The van der Waals surface area contributed by atoms with Crippen LogP contribution in [-0.4, -0.2) is 77.3 Å². The third-order valence-electron chi connectivity index (χ3n) is 7.87. The Kier molecular flexibility index (Phi) is 10.3. The molecule has 0 aliphatic carbocycles. The Balaban J connectivity index is 0.00000196. The van der Waals surface area contributed by atoms with Crippen LogP contribution in [0, 0.1) is 5.82 Å². The molecule has 45 heavy (non-hydrogen) atoms. The summed E-state index contributed by atoms with van der Waals surface area (Å²) < 4.78 is 26.9. The van der Waals surface area contributed by atoms with Crippen LogP contribution in [0.5, 0.6) is 17.2 Å². The summed E-state index contributed by atoms with van der Waals surface area (Å²) >= 11 is 0. The molecule has 0 spiro atoms. The molecule has 2 aliphatic heterocycles. The van der Waals surface area contributed by atoms with Crippen molar-refractivity contribution in [3.63, 3.8) is 0 Å². The first-order chi connectivity index (χ1) is 22.0. The molecule has 3 N–H and O–H groups in total. The predicted octanol–water partition coefficient (Wildman–Crippen LogP) is 5.51. The minimum atomic E-state index is -0.481. The van der Waals surface area contributed by atoms with Crippen LogP contribution in [0.25, 0.3) is 10.9 Å². The molecule has 4 aromatic rings. The van der Waals surface area contributed by atoms with Gasteiger partial charge in [-0.2, -0.15) is 0 Å². The number of anilines is 4. The fourth-order valence-electron chi connectivity index (χ4n) is 5.57. The Morgan fingerprint density at radius 2 is 1.76 bits per heavy atom. The van der Waals surface area contributed by atoms with Gasteiger partial charge in [-0.3, -0.25) is 4.79 Å². The summed E-state index contributed by atoms with van der Waals surface area (Å²) in [5, 5.41) is 14.4. The third kappa shape index (κ3) is 7.40. The highest BCUT2D eigenvalue weighted by atomic mass is 19.1. The van der Waals surface area contributed by atoms with Gasteiger partial charge in [0.15, 0.2) is 0 Å². The number of ether oxygens (including phenoxy) is 2. The lowest BCUT2D eigenvalue weighted by atomic mass is 10.0. The molecular weight excluding hydrogens is 577 g/mol. The highest BCUT2D eigenvalue weighted by Gasteiger charge is 2.23. The van der Waals surface area contributed by atoms with E-state index in [2.05, 4.69) is 37.1 Å². The maximum atomic E-state index is 15.3. The van der Waals surface area contributed by atoms with Gasteiger partial charge < -0.3 is 35.0 Å². The summed E-state index contributed by atoms with van der Waals surface area (Å²) in [7, 11) is 2.61. The van der Waals surface area contributed by atoms with E-state index in [0.717, 1.165) is 57.4 Å². The van der Waals surface area contributed by atoms with Gasteiger partial charge in [0.1, 0.15) is 41.0 Å². The summed E-state index contributed by atoms with van der Waals surface area (Å²) in [4.78, 5) is 29.2. The number of carbonyl (C=O) groups excluding carboxylic acids is 1. The molecule has 0 radical (unpaired) electrons. The quantitative estimate of drug-likeness (QED) is 0.208. The van der Waals surface area contributed by atoms with Crippen molar-refractivity contribution in [3.05, 3.63) is 73.5 Å². The maximum Gasteiger partial charge on any atom is 0.245 e. The molecule has 6 rings (SSSR count). The van der Waals surface area contributed by atoms with Crippen molar-refractivity contribution in [2.24, 2.45) is 0 Å². The summed E-state index contributed by atoms with van der Waals surface area (Å²) in [6.45, 7) is 6.83. The van der Waals surface area contributed by atoms with Crippen LogP contribution in [0.2, 0.25) is 0 Å². The third-order valence-corrected chi connectivity index (χ3v) is 7.87. The van der Waals surface area contributed by atoms with Crippen LogP contribution in [0.1, 0.15) is 25.7 Å². The zero-order chi connectivity index (χ0) is 31.8. The highest BCUT2D eigenvalue weighted by molar-refractivity contribution is 5.95. The van der Waals surface area contributed by atoms with Crippen molar-refractivity contribution in [3.8, 4) is 17.2 Å². The summed E-state index contributed by atoms with van der Waals surface area (Å²) in [5.41, 5.74) is 1.68. The zero-order valence-electron chi connectivity index (χ0n) is 25.5. The summed E-state index contributed by atoms with van der Waals surface area (Å²) in [6, 6.07) is 12.2. The number of carbonyl (C=O) groups is 1. The second-order valence-electron chi connectivity index (χ2n) is 10.7. The van der Waals surface area contributed by atoms with Gasteiger partial charge in [-0.1, -0.05) is 6.58 Å². The Hall–Kier alpha value is -4.97. The van der Waals surface area contributed by atoms with Crippen molar-refractivity contribution < 1.29 is 23.8 Å². The molecule has 2 aromatic carbocycles. The van der Waals surface area contributed by atoms with Crippen LogP contribution in [-0.2, 0) is 4.79 Å². The average molecular weight is 616 g/mol. The van der Waals surface area contributed by atoms with Crippen LogP contribution in [0.15, 0.2) is 67.6 Å². The van der Waals surface area contributed by atoms with Gasteiger partial charge in [-0.25, -0.2) is 19.3 Å². The molecule has 0 bridgehead atoms. The summed E-state index contributed by atoms with van der Waals surface area (Å²) in [5.74, 6) is 2.41. The molecule has 11 nitrogen and oxygen atoms in total. The molecule has 2 saturated heterocycles. The largest absolute Gasteiger partial charge is 0.495 e. The monoisotopic (exact) mass is 615 g/mol. The number of nitrogens with zero attached hydrogens (tertiary/aromatic N) is 5. The Labute approximate surface area is 261 Å². The number of benzene rings is 2. The second kappa shape index (κ2) is 14.7. The number of hydrogen-bond acceptors (Lipinski definition) is 10. The zero-order valence-corrected chi connectivity index (χ0v) is 25.5. The molecule has 2 aliphatic rings. The molecular formula is C33H38FN7O4.